The number of amides is 1. The molecule has 2 aliphatic rings. The lowest BCUT2D eigenvalue weighted by atomic mass is 9.96. The molecule has 2 fully saturated rings. The Morgan fingerprint density at radius 3 is 2.35 bits per heavy atom. The Bertz CT molecular complexity index is 848. The molecule has 0 radical (unpaired) electrons. The molecule has 1 atom stereocenters. The van der Waals surface area contributed by atoms with Crippen LogP contribution in [0.25, 0.3) is 0 Å². The molecule has 2 aliphatic heterocycles. The van der Waals surface area contributed by atoms with Crippen LogP contribution in [0.3, 0.4) is 0 Å². The van der Waals surface area contributed by atoms with Gasteiger partial charge in [-0.25, -0.2) is 4.39 Å². The summed E-state index contributed by atoms with van der Waals surface area (Å²) < 4.78 is 14.0. The van der Waals surface area contributed by atoms with E-state index in [-0.39, 0.29) is 17.6 Å². The van der Waals surface area contributed by atoms with E-state index < -0.39 is 0 Å². The lowest BCUT2D eigenvalue weighted by molar-refractivity contribution is -0.126. The maximum Gasteiger partial charge on any atom is 0.224 e. The van der Waals surface area contributed by atoms with Crippen LogP contribution in [0.15, 0.2) is 48.5 Å². The van der Waals surface area contributed by atoms with Crippen molar-refractivity contribution in [3.8, 4) is 0 Å². The third-order valence-corrected chi connectivity index (χ3v) is 6.57. The fraction of sp³-hybridized carbons (Fsp3) is 0.500. The Kier molecular flexibility index (Phi) is 7.71. The van der Waals surface area contributed by atoms with Crippen molar-refractivity contribution >= 4 is 5.91 Å². The van der Waals surface area contributed by atoms with E-state index in [1.54, 1.807) is 6.07 Å². The van der Waals surface area contributed by atoms with Gasteiger partial charge in [-0.3, -0.25) is 14.6 Å². The van der Waals surface area contributed by atoms with Crippen molar-refractivity contribution in [3.05, 3.63) is 71.0 Å². The van der Waals surface area contributed by atoms with Gasteiger partial charge in [-0.05, 0) is 62.5 Å². The van der Waals surface area contributed by atoms with Crippen LogP contribution in [-0.2, 0) is 24.4 Å². The Morgan fingerprint density at radius 2 is 1.58 bits per heavy atom. The first-order chi connectivity index (χ1) is 15.2. The zero-order chi connectivity index (χ0) is 21.5. The van der Waals surface area contributed by atoms with E-state index in [1.165, 1.54) is 44.0 Å². The molecule has 1 amide bonds. The smallest absolute Gasteiger partial charge is 0.224 e. The third kappa shape index (κ3) is 6.37. The van der Waals surface area contributed by atoms with E-state index in [1.807, 2.05) is 12.1 Å². The monoisotopic (exact) mass is 423 g/mol. The van der Waals surface area contributed by atoms with Gasteiger partial charge in [0.05, 0.1) is 5.92 Å². The normalized spacial score (nSPS) is 20.5. The van der Waals surface area contributed by atoms with Crippen molar-refractivity contribution in [2.45, 2.75) is 51.7 Å². The summed E-state index contributed by atoms with van der Waals surface area (Å²) in [5, 5.41) is 3.12. The molecule has 2 saturated heterocycles. The lowest BCUT2D eigenvalue weighted by Gasteiger charge is -2.32. The standard InChI is InChI=1S/C26H34FN3O/c27-25-9-3-2-7-23(25)19-30-16-6-8-24(20-30)26(31)28-17-21-10-12-22(13-11-21)18-29-14-4-1-5-15-29/h2-3,7,9-13,24H,1,4-6,8,14-20H2,(H,28,31). The van der Waals surface area contributed by atoms with Crippen LogP contribution in [0.2, 0.25) is 0 Å². The molecule has 1 unspecified atom stereocenters. The van der Waals surface area contributed by atoms with E-state index >= 15 is 0 Å². The summed E-state index contributed by atoms with van der Waals surface area (Å²) in [4.78, 5) is 17.5. The summed E-state index contributed by atoms with van der Waals surface area (Å²) in [6.45, 7) is 6.15. The van der Waals surface area contributed by atoms with Gasteiger partial charge in [0.25, 0.3) is 0 Å². The number of hydrogen-bond donors (Lipinski definition) is 1. The number of hydrogen-bond acceptors (Lipinski definition) is 3. The zero-order valence-corrected chi connectivity index (χ0v) is 18.4. The molecule has 4 rings (SSSR count). The van der Waals surface area contributed by atoms with Crippen LogP contribution in [0.4, 0.5) is 4.39 Å². The van der Waals surface area contributed by atoms with Gasteiger partial charge in [0.2, 0.25) is 5.91 Å². The minimum atomic E-state index is -0.169. The van der Waals surface area contributed by atoms with Crippen molar-refractivity contribution in [3.63, 3.8) is 0 Å². The molecule has 5 heteroatoms. The molecule has 31 heavy (non-hydrogen) atoms. The molecule has 0 aromatic heterocycles. The molecule has 166 valence electrons. The number of benzene rings is 2. The van der Waals surface area contributed by atoms with Crippen LogP contribution in [-0.4, -0.2) is 41.9 Å². The quantitative estimate of drug-likeness (QED) is 0.720. The number of carbonyl (C=O) groups excluding carboxylic acids is 1. The van der Waals surface area contributed by atoms with Crippen LogP contribution < -0.4 is 5.32 Å². The van der Waals surface area contributed by atoms with Crippen LogP contribution in [0.1, 0.15) is 48.8 Å². The SMILES string of the molecule is O=C(NCc1ccc(CN2CCCCC2)cc1)C1CCCN(Cc2ccccc2F)C1. The largest absolute Gasteiger partial charge is 0.352 e. The van der Waals surface area contributed by atoms with Crippen LogP contribution >= 0.6 is 0 Å². The van der Waals surface area contributed by atoms with E-state index in [0.29, 0.717) is 25.2 Å². The first kappa shape index (κ1) is 22.0. The maximum atomic E-state index is 14.0. The summed E-state index contributed by atoms with van der Waals surface area (Å²) in [7, 11) is 0. The fourth-order valence-corrected chi connectivity index (χ4v) is 4.75. The van der Waals surface area contributed by atoms with E-state index in [4.69, 9.17) is 0 Å². The Balaban J connectivity index is 1.24. The maximum absolute atomic E-state index is 14.0. The number of nitrogens with zero attached hydrogens (tertiary/aromatic N) is 2. The topological polar surface area (TPSA) is 35.6 Å². The van der Waals surface area contributed by atoms with Crippen molar-refractivity contribution in [2.24, 2.45) is 5.92 Å². The van der Waals surface area contributed by atoms with Crippen LogP contribution in [0.5, 0.6) is 0 Å². The van der Waals surface area contributed by atoms with Gasteiger partial charge in [-0.1, -0.05) is 48.9 Å². The predicted octanol–water partition coefficient (Wildman–Crippen LogP) is 4.34. The van der Waals surface area contributed by atoms with E-state index in [0.717, 1.165) is 31.5 Å². The minimum absolute atomic E-state index is 0.0288. The van der Waals surface area contributed by atoms with Crippen molar-refractivity contribution in [1.82, 2.24) is 15.1 Å². The molecule has 2 aromatic rings. The first-order valence-corrected chi connectivity index (χ1v) is 11.7. The number of likely N-dealkylation sites (tertiary alicyclic amines) is 2. The Morgan fingerprint density at radius 1 is 0.871 bits per heavy atom. The molecule has 0 saturated carbocycles. The molecule has 2 aromatic carbocycles. The molecular weight excluding hydrogens is 389 g/mol. The Labute approximate surface area is 185 Å². The van der Waals surface area contributed by atoms with Gasteiger partial charge < -0.3 is 5.32 Å². The summed E-state index contributed by atoms with van der Waals surface area (Å²) >= 11 is 0. The predicted molar refractivity (Wildman–Crippen MR) is 122 cm³/mol. The van der Waals surface area contributed by atoms with Gasteiger partial charge in [-0.15, -0.1) is 0 Å². The van der Waals surface area contributed by atoms with Crippen molar-refractivity contribution in [2.75, 3.05) is 26.2 Å². The highest BCUT2D eigenvalue weighted by molar-refractivity contribution is 5.79. The molecule has 1 N–H and O–H groups in total. The van der Waals surface area contributed by atoms with Gasteiger partial charge in [-0.2, -0.15) is 0 Å². The van der Waals surface area contributed by atoms with E-state index in [9.17, 15) is 9.18 Å². The lowest BCUT2D eigenvalue weighted by Crippen LogP contribution is -2.42. The highest BCUT2D eigenvalue weighted by Gasteiger charge is 2.26. The molecule has 0 aliphatic carbocycles. The summed E-state index contributed by atoms with van der Waals surface area (Å²) in [6, 6.07) is 15.5. The number of halogens is 1. The summed E-state index contributed by atoms with van der Waals surface area (Å²) in [5.41, 5.74) is 3.18. The number of piperidine rings is 2. The average Bonchev–Trinajstić information content (AvgIpc) is 2.81. The molecule has 2 heterocycles. The summed E-state index contributed by atoms with van der Waals surface area (Å²) in [5.74, 6) is -0.0904. The molecule has 0 bridgehead atoms. The summed E-state index contributed by atoms with van der Waals surface area (Å²) in [6.07, 6.45) is 5.84. The molecular formula is C26H34FN3O. The second kappa shape index (κ2) is 10.9. The number of rotatable bonds is 7. The zero-order valence-electron chi connectivity index (χ0n) is 18.4. The van der Waals surface area contributed by atoms with Gasteiger partial charge in [0, 0.05) is 31.7 Å². The van der Waals surface area contributed by atoms with Gasteiger partial charge in [0.1, 0.15) is 5.82 Å². The second-order valence-corrected chi connectivity index (χ2v) is 9.04. The highest BCUT2D eigenvalue weighted by Crippen LogP contribution is 2.20. The highest BCUT2D eigenvalue weighted by atomic mass is 19.1. The Hall–Kier alpha value is -2.24. The van der Waals surface area contributed by atoms with Gasteiger partial charge in [0.15, 0.2) is 0 Å². The number of carbonyl (C=O) groups is 1. The molecule has 4 nitrogen and oxygen atoms in total. The minimum Gasteiger partial charge on any atom is -0.352 e. The number of nitrogens with one attached hydrogen (secondary N) is 1. The van der Waals surface area contributed by atoms with Crippen LogP contribution in [0, 0.1) is 11.7 Å². The van der Waals surface area contributed by atoms with Crippen molar-refractivity contribution < 1.29 is 9.18 Å². The van der Waals surface area contributed by atoms with E-state index in [2.05, 4.69) is 39.4 Å². The molecule has 0 spiro atoms. The first-order valence-electron chi connectivity index (χ1n) is 11.7. The van der Waals surface area contributed by atoms with Crippen molar-refractivity contribution in [1.29, 1.82) is 0 Å². The third-order valence-electron chi connectivity index (χ3n) is 6.57. The van der Waals surface area contributed by atoms with Gasteiger partial charge >= 0.3 is 0 Å². The second-order valence-electron chi connectivity index (χ2n) is 9.04. The fourth-order valence-electron chi connectivity index (χ4n) is 4.75. The average molecular weight is 424 g/mol.